The fourth-order valence-corrected chi connectivity index (χ4v) is 2.56. The molecular formula is C17H22N2. The van der Waals surface area contributed by atoms with Crippen LogP contribution >= 0.6 is 0 Å². The molecule has 0 aliphatic heterocycles. The molecule has 0 heterocycles. The minimum Gasteiger partial charge on any atom is -0.312 e. The molecule has 2 heteroatoms. The molecule has 1 aliphatic carbocycles. The van der Waals surface area contributed by atoms with Gasteiger partial charge in [0.1, 0.15) is 0 Å². The molecule has 0 spiro atoms. The summed E-state index contributed by atoms with van der Waals surface area (Å²) in [5.74, 6) is 0. The maximum atomic E-state index is 3.60. The van der Waals surface area contributed by atoms with Gasteiger partial charge in [0.05, 0.1) is 0 Å². The van der Waals surface area contributed by atoms with Crippen molar-refractivity contribution in [3.05, 3.63) is 47.5 Å². The Labute approximate surface area is 115 Å². The normalized spacial score (nSPS) is 16.7. The van der Waals surface area contributed by atoms with Gasteiger partial charge < -0.3 is 10.6 Å². The first-order valence-corrected chi connectivity index (χ1v) is 7.17. The molecule has 1 atom stereocenters. The molecule has 1 saturated carbocycles. The molecule has 100 valence electrons. The molecule has 2 aromatic carbocycles. The van der Waals surface area contributed by atoms with Gasteiger partial charge in [-0.1, -0.05) is 35.9 Å². The molecule has 2 N–H and O–H groups in total. The van der Waals surface area contributed by atoms with Gasteiger partial charge in [-0.2, -0.15) is 0 Å². The van der Waals surface area contributed by atoms with Gasteiger partial charge in [-0.15, -0.1) is 0 Å². The van der Waals surface area contributed by atoms with Gasteiger partial charge in [0.25, 0.3) is 0 Å². The van der Waals surface area contributed by atoms with Gasteiger partial charge in [-0.3, -0.25) is 0 Å². The molecule has 1 aliphatic rings. The summed E-state index contributed by atoms with van der Waals surface area (Å²) >= 11 is 0. The lowest BCUT2D eigenvalue weighted by molar-refractivity contribution is 0.526. The Hall–Kier alpha value is -1.38. The van der Waals surface area contributed by atoms with Crippen molar-refractivity contribution >= 4 is 10.8 Å². The third-order valence-electron chi connectivity index (χ3n) is 3.96. The summed E-state index contributed by atoms with van der Waals surface area (Å²) in [5.41, 5.74) is 2.69. The van der Waals surface area contributed by atoms with Crippen molar-refractivity contribution in [2.24, 2.45) is 0 Å². The number of rotatable bonds is 5. The minimum absolute atomic E-state index is 0.395. The van der Waals surface area contributed by atoms with Crippen LogP contribution in [0.15, 0.2) is 36.4 Å². The summed E-state index contributed by atoms with van der Waals surface area (Å²) in [6, 6.07) is 14.6. The van der Waals surface area contributed by atoms with Crippen molar-refractivity contribution in [2.45, 2.75) is 31.8 Å². The van der Waals surface area contributed by atoms with E-state index in [1.807, 2.05) is 7.05 Å². The Balaban J connectivity index is 1.83. The van der Waals surface area contributed by atoms with E-state index in [4.69, 9.17) is 0 Å². The lowest BCUT2D eigenvalue weighted by atomic mass is 10.0. The van der Waals surface area contributed by atoms with Gasteiger partial charge in [0, 0.05) is 18.6 Å². The monoisotopic (exact) mass is 254 g/mol. The molecule has 0 aromatic heterocycles. The lowest BCUT2D eigenvalue weighted by Crippen LogP contribution is -2.30. The first-order valence-electron chi connectivity index (χ1n) is 7.17. The van der Waals surface area contributed by atoms with Crippen LogP contribution in [0.3, 0.4) is 0 Å². The Morgan fingerprint density at radius 3 is 2.58 bits per heavy atom. The number of nitrogens with one attached hydrogen (secondary N) is 2. The summed E-state index contributed by atoms with van der Waals surface area (Å²) < 4.78 is 0. The minimum atomic E-state index is 0.395. The van der Waals surface area contributed by atoms with Gasteiger partial charge in [0.15, 0.2) is 0 Å². The molecule has 0 saturated heterocycles. The molecule has 0 bridgehead atoms. The van der Waals surface area contributed by atoms with Gasteiger partial charge in [-0.25, -0.2) is 0 Å². The first kappa shape index (κ1) is 12.6. The average molecular weight is 254 g/mol. The molecule has 1 unspecified atom stereocenters. The molecule has 1 fully saturated rings. The van der Waals surface area contributed by atoms with Crippen LogP contribution in [0, 0.1) is 6.92 Å². The van der Waals surface area contributed by atoms with E-state index in [2.05, 4.69) is 54.0 Å². The third-order valence-corrected chi connectivity index (χ3v) is 3.96. The van der Waals surface area contributed by atoms with E-state index in [1.165, 1.54) is 34.7 Å². The zero-order valence-corrected chi connectivity index (χ0v) is 11.7. The number of hydrogen-bond acceptors (Lipinski definition) is 2. The maximum absolute atomic E-state index is 3.60. The van der Waals surface area contributed by atoms with Crippen molar-refractivity contribution in [1.82, 2.24) is 10.6 Å². The standard InChI is InChI=1S/C17H22N2/c1-12-3-4-14-10-15(6-5-13(14)9-12)17(18-2)11-19-16-7-8-16/h3-6,9-10,16-19H,7-8,11H2,1-2H3. The van der Waals surface area contributed by atoms with Crippen molar-refractivity contribution in [3.8, 4) is 0 Å². The second-order valence-electron chi connectivity index (χ2n) is 5.63. The lowest BCUT2D eigenvalue weighted by Gasteiger charge is -2.18. The van der Waals surface area contributed by atoms with Crippen LogP contribution in [0.5, 0.6) is 0 Å². The smallest absolute Gasteiger partial charge is 0.0444 e. The highest BCUT2D eigenvalue weighted by Crippen LogP contribution is 2.23. The summed E-state index contributed by atoms with van der Waals surface area (Å²) in [4.78, 5) is 0. The van der Waals surface area contributed by atoms with Crippen molar-refractivity contribution in [3.63, 3.8) is 0 Å². The highest BCUT2D eigenvalue weighted by atomic mass is 15.0. The Morgan fingerprint density at radius 2 is 1.84 bits per heavy atom. The van der Waals surface area contributed by atoms with E-state index in [0.29, 0.717) is 6.04 Å². The van der Waals surface area contributed by atoms with Crippen LogP contribution < -0.4 is 10.6 Å². The number of benzene rings is 2. The summed E-state index contributed by atoms with van der Waals surface area (Å²) in [6.07, 6.45) is 2.68. The van der Waals surface area contributed by atoms with E-state index in [9.17, 15) is 0 Å². The second-order valence-corrected chi connectivity index (χ2v) is 5.63. The highest BCUT2D eigenvalue weighted by Gasteiger charge is 2.21. The van der Waals surface area contributed by atoms with E-state index in [1.54, 1.807) is 0 Å². The largest absolute Gasteiger partial charge is 0.312 e. The predicted octanol–water partition coefficient (Wildman–Crippen LogP) is 3.16. The maximum Gasteiger partial charge on any atom is 0.0444 e. The number of fused-ring (bicyclic) bond motifs is 1. The summed E-state index contributed by atoms with van der Waals surface area (Å²) in [6.45, 7) is 3.15. The van der Waals surface area contributed by atoms with Crippen LogP contribution in [0.25, 0.3) is 10.8 Å². The molecule has 2 aromatic rings. The van der Waals surface area contributed by atoms with Gasteiger partial charge in [-0.05, 0) is 49.2 Å². The SMILES string of the molecule is CNC(CNC1CC1)c1ccc2cc(C)ccc2c1. The molecule has 0 radical (unpaired) electrons. The van der Waals surface area contributed by atoms with Crippen molar-refractivity contribution in [1.29, 1.82) is 0 Å². The average Bonchev–Trinajstić information content (AvgIpc) is 3.23. The quantitative estimate of drug-likeness (QED) is 0.856. The fourth-order valence-electron chi connectivity index (χ4n) is 2.56. The number of likely N-dealkylation sites (N-methyl/N-ethyl adjacent to an activating group) is 1. The second kappa shape index (κ2) is 5.32. The number of aryl methyl sites for hydroxylation is 1. The molecule has 2 nitrogen and oxygen atoms in total. The fraction of sp³-hybridized carbons (Fsp3) is 0.412. The topological polar surface area (TPSA) is 24.1 Å². The molecule has 3 rings (SSSR count). The Morgan fingerprint density at radius 1 is 1.11 bits per heavy atom. The van der Waals surface area contributed by atoms with Gasteiger partial charge >= 0.3 is 0 Å². The van der Waals surface area contributed by atoms with E-state index in [-0.39, 0.29) is 0 Å². The van der Waals surface area contributed by atoms with Crippen LogP contribution in [0.4, 0.5) is 0 Å². The first-order chi connectivity index (χ1) is 9.26. The third kappa shape index (κ3) is 2.96. The van der Waals surface area contributed by atoms with Crippen LogP contribution in [-0.2, 0) is 0 Å². The summed E-state index contributed by atoms with van der Waals surface area (Å²) in [7, 11) is 2.04. The molecule has 19 heavy (non-hydrogen) atoms. The predicted molar refractivity (Wildman–Crippen MR) is 81.5 cm³/mol. The zero-order chi connectivity index (χ0) is 13.2. The van der Waals surface area contributed by atoms with Gasteiger partial charge in [0.2, 0.25) is 0 Å². The van der Waals surface area contributed by atoms with E-state index in [0.717, 1.165) is 12.6 Å². The Bertz CT molecular complexity index is 572. The number of hydrogen-bond donors (Lipinski definition) is 2. The van der Waals surface area contributed by atoms with Crippen LogP contribution in [-0.4, -0.2) is 19.6 Å². The molecule has 0 amide bonds. The Kier molecular flexibility index (Phi) is 3.54. The summed E-state index contributed by atoms with van der Waals surface area (Å²) in [5, 5.41) is 9.67. The highest BCUT2D eigenvalue weighted by molar-refractivity contribution is 5.83. The van der Waals surface area contributed by atoms with E-state index >= 15 is 0 Å². The van der Waals surface area contributed by atoms with Crippen LogP contribution in [0.2, 0.25) is 0 Å². The molecular weight excluding hydrogens is 232 g/mol. The van der Waals surface area contributed by atoms with Crippen molar-refractivity contribution < 1.29 is 0 Å². The van der Waals surface area contributed by atoms with Crippen molar-refractivity contribution in [2.75, 3.05) is 13.6 Å². The zero-order valence-electron chi connectivity index (χ0n) is 11.7. The van der Waals surface area contributed by atoms with Crippen LogP contribution in [0.1, 0.15) is 30.0 Å². The van der Waals surface area contributed by atoms with E-state index < -0.39 is 0 Å².